The van der Waals surface area contributed by atoms with Gasteiger partial charge in [0.05, 0.1) is 11.4 Å². The van der Waals surface area contributed by atoms with Crippen molar-refractivity contribution in [1.82, 2.24) is 9.62 Å². The van der Waals surface area contributed by atoms with Crippen LogP contribution in [0.15, 0.2) is 59.5 Å². The molecule has 30 heavy (non-hydrogen) atoms. The van der Waals surface area contributed by atoms with Gasteiger partial charge in [-0.05, 0) is 35.9 Å². The summed E-state index contributed by atoms with van der Waals surface area (Å²) in [4.78, 5) is 12.3. The monoisotopic (exact) mass is 430 g/mol. The lowest BCUT2D eigenvalue weighted by atomic mass is 10.2. The summed E-state index contributed by atoms with van der Waals surface area (Å²) in [5.74, 6) is 1.10. The van der Waals surface area contributed by atoms with Crippen molar-refractivity contribution in [3.8, 4) is 11.5 Å². The number of sulfonamides is 1. The number of amides is 1. The van der Waals surface area contributed by atoms with Gasteiger partial charge in [-0.1, -0.05) is 38.1 Å². The van der Waals surface area contributed by atoms with Crippen molar-refractivity contribution in [1.29, 1.82) is 0 Å². The summed E-state index contributed by atoms with van der Waals surface area (Å²) < 4.78 is 37.8. The number of nitrogens with zero attached hydrogens (tertiary/aromatic N) is 1. The Labute approximate surface area is 177 Å². The highest BCUT2D eigenvalue weighted by molar-refractivity contribution is 7.89. The van der Waals surface area contributed by atoms with Crippen molar-refractivity contribution in [2.45, 2.75) is 24.8 Å². The van der Waals surface area contributed by atoms with Gasteiger partial charge in [-0.2, -0.15) is 4.31 Å². The molecule has 1 atom stereocenters. The molecule has 7 nitrogen and oxygen atoms in total. The number of para-hydroxylation sites is 2. The van der Waals surface area contributed by atoms with Crippen molar-refractivity contribution >= 4 is 22.0 Å². The van der Waals surface area contributed by atoms with Gasteiger partial charge in [0.1, 0.15) is 12.7 Å². The zero-order valence-electron chi connectivity index (χ0n) is 17.1. The number of ether oxygens (including phenoxy) is 2. The lowest BCUT2D eigenvalue weighted by Gasteiger charge is -2.26. The van der Waals surface area contributed by atoms with Crippen molar-refractivity contribution in [2.24, 2.45) is 0 Å². The number of hydrogen-bond acceptors (Lipinski definition) is 5. The third-order valence-corrected chi connectivity index (χ3v) is 6.79. The van der Waals surface area contributed by atoms with Crippen LogP contribution in [0.2, 0.25) is 0 Å². The fourth-order valence-electron chi connectivity index (χ4n) is 3.07. The summed E-state index contributed by atoms with van der Waals surface area (Å²) in [5.41, 5.74) is 0.731. The Balaban J connectivity index is 1.53. The van der Waals surface area contributed by atoms with Crippen LogP contribution in [-0.4, -0.2) is 51.0 Å². The van der Waals surface area contributed by atoms with E-state index >= 15 is 0 Å². The molecule has 160 valence electrons. The van der Waals surface area contributed by atoms with E-state index in [0.29, 0.717) is 37.7 Å². The number of fused-ring (bicyclic) bond motifs is 1. The summed E-state index contributed by atoms with van der Waals surface area (Å²) in [6.07, 6.45) is 2.78. The number of carbonyl (C=O) groups excluding carboxylic acids is 1. The number of carbonyl (C=O) groups is 1. The normalized spacial score (nSPS) is 16.0. The zero-order valence-corrected chi connectivity index (χ0v) is 17.9. The average Bonchev–Trinajstić information content (AvgIpc) is 2.77. The fraction of sp³-hybridized carbons (Fsp3) is 0.318. The van der Waals surface area contributed by atoms with Gasteiger partial charge in [-0.3, -0.25) is 4.79 Å². The molecule has 3 rings (SSSR count). The Hall–Kier alpha value is -2.84. The van der Waals surface area contributed by atoms with Gasteiger partial charge in [0.15, 0.2) is 11.5 Å². The second-order valence-corrected chi connectivity index (χ2v) is 8.67. The molecule has 0 spiro atoms. The van der Waals surface area contributed by atoms with Gasteiger partial charge in [-0.25, -0.2) is 8.42 Å². The van der Waals surface area contributed by atoms with E-state index in [-0.39, 0.29) is 16.9 Å². The van der Waals surface area contributed by atoms with E-state index in [2.05, 4.69) is 5.32 Å². The maximum absolute atomic E-state index is 12.5. The van der Waals surface area contributed by atoms with Gasteiger partial charge in [0.2, 0.25) is 15.9 Å². The highest BCUT2D eigenvalue weighted by atomic mass is 32.2. The molecule has 0 bridgehead atoms. The fourth-order valence-corrected chi connectivity index (χ4v) is 4.53. The molecule has 2 aromatic carbocycles. The Morgan fingerprint density at radius 2 is 1.77 bits per heavy atom. The molecular weight excluding hydrogens is 404 g/mol. The van der Waals surface area contributed by atoms with Gasteiger partial charge in [0, 0.05) is 19.2 Å². The molecule has 0 aromatic heterocycles. The van der Waals surface area contributed by atoms with Gasteiger partial charge in [0.25, 0.3) is 0 Å². The second kappa shape index (κ2) is 9.77. The molecule has 1 aliphatic heterocycles. The number of rotatable bonds is 8. The first-order valence-corrected chi connectivity index (χ1v) is 11.3. The first kappa shape index (κ1) is 21.9. The van der Waals surface area contributed by atoms with E-state index in [4.69, 9.17) is 9.47 Å². The van der Waals surface area contributed by atoms with Crippen LogP contribution >= 0.6 is 0 Å². The molecular formula is C22H26N2O5S. The van der Waals surface area contributed by atoms with Crippen LogP contribution in [0.5, 0.6) is 11.5 Å². The Kier molecular flexibility index (Phi) is 7.12. The molecule has 1 amide bonds. The number of hydrogen-bond donors (Lipinski definition) is 1. The minimum atomic E-state index is -3.49. The van der Waals surface area contributed by atoms with E-state index < -0.39 is 10.0 Å². The molecule has 1 aliphatic rings. The summed E-state index contributed by atoms with van der Waals surface area (Å²) in [6, 6.07) is 13.9. The quantitative estimate of drug-likeness (QED) is 0.651. The standard InChI is InChI=1S/C22H26N2O5S/c1-3-24(4-2)30(26,27)19-12-9-17(10-13-19)11-14-22(25)23-15-18-16-28-20-7-5-6-8-21(20)29-18/h5-14,18H,3-4,15-16H2,1-2H3,(H,23,25). The van der Waals surface area contributed by atoms with Crippen LogP contribution in [0.3, 0.4) is 0 Å². The first-order valence-electron chi connectivity index (χ1n) is 9.88. The predicted molar refractivity (Wildman–Crippen MR) is 115 cm³/mol. The third kappa shape index (κ3) is 5.20. The van der Waals surface area contributed by atoms with Crippen LogP contribution in [0.1, 0.15) is 19.4 Å². The molecule has 1 heterocycles. The Morgan fingerprint density at radius 1 is 1.10 bits per heavy atom. The number of nitrogens with one attached hydrogen (secondary N) is 1. The lowest BCUT2D eigenvalue weighted by molar-refractivity contribution is -0.116. The van der Waals surface area contributed by atoms with Gasteiger partial charge < -0.3 is 14.8 Å². The van der Waals surface area contributed by atoms with Crippen molar-refractivity contribution in [3.05, 3.63) is 60.2 Å². The van der Waals surface area contributed by atoms with Gasteiger partial charge >= 0.3 is 0 Å². The van der Waals surface area contributed by atoms with Gasteiger partial charge in [-0.15, -0.1) is 0 Å². The van der Waals surface area contributed by atoms with E-state index in [9.17, 15) is 13.2 Å². The minimum absolute atomic E-state index is 0.238. The van der Waals surface area contributed by atoms with Crippen molar-refractivity contribution in [3.63, 3.8) is 0 Å². The molecule has 8 heteroatoms. The first-order chi connectivity index (χ1) is 14.4. The maximum atomic E-state index is 12.5. The second-order valence-electron chi connectivity index (χ2n) is 6.73. The topological polar surface area (TPSA) is 84.9 Å². The molecule has 1 unspecified atom stereocenters. The molecule has 0 saturated heterocycles. The zero-order chi connectivity index (χ0) is 21.6. The third-order valence-electron chi connectivity index (χ3n) is 4.72. The Morgan fingerprint density at radius 3 is 2.43 bits per heavy atom. The maximum Gasteiger partial charge on any atom is 0.244 e. The summed E-state index contributed by atoms with van der Waals surface area (Å²) >= 11 is 0. The van der Waals surface area contributed by atoms with Crippen LogP contribution in [0.4, 0.5) is 0 Å². The van der Waals surface area contributed by atoms with Crippen molar-refractivity contribution < 1.29 is 22.7 Å². The van der Waals surface area contributed by atoms with Crippen LogP contribution in [0.25, 0.3) is 6.08 Å². The molecule has 0 saturated carbocycles. The Bertz CT molecular complexity index is 998. The highest BCUT2D eigenvalue weighted by Crippen LogP contribution is 2.30. The summed E-state index contributed by atoms with van der Waals surface area (Å²) in [7, 11) is -3.49. The molecule has 2 aromatic rings. The van der Waals surface area contributed by atoms with E-state index in [0.717, 1.165) is 5.56 Å². The van der Waals surface area contributed by atoms with Crippen LogP contribution in [-0.2, 0) is 14.8 Å². The molecule has 1 N–H and O–H groups in total. The summed E-state index contributed by atoms with van der Waals surface area (Å²) in [6.45, 7) is 5.13. The lowest BCUT2D eigenvalue weighted by Crippen LogP contribution is -2.40. The van der Waals surface area contributed by atoms with Crippen LogP contribution in [0, 0.1) is 0 Å². The molecule has 0 aliphatic carbocycles. The van der Waals surface area contributed by atoms with E-state index in [1.807, 2.05) is 24.3 Å². The largest absolute Gasteiger partial charge is 0.486 e. The smallest absolute Gasteiger partial charge is 0.244 e. The van der Waals surface area contributed by atoms with Crippen molar-refractivity contribution in [2.75, 3.05) is 26.2 Å². The molecule has 0 fully saturated rings. The predicted octanol–water partition coefficient (Wildman–Crippen LogP) is 2.69. The summed E-state index contributed by atoms with van der Waals surface area (Å²) in [5, 5.41) is 2.79. The number of benzene rings is 2. The van der Waals surface area contributed by atoms with E-state index in [1.165, 1.54) is 10.4 Å². The SMILES string of the molecule is CCN(CC)S(=O)(=O)c1ccc(C=CC(=O)NCC2COc3ccccc3O2)cc1. The van der Waals surface area contributed by atoms with Crippen LogP contribution < -0.4 is 14.8 Å². The van der Waals surface area contributed by atoms with E-state index in [1.54, 1.807) is 44.2 Å². The average molecular weight is 431 g/mol. The minimum Gasteiger partial charge on any atom is -0.486 e. The molecule has 0 radical (unpaired) electrons. The highest BCUT2D eigenvalue weighted by Gasteiger charge is 2.21.